The predicted octanol–water partition coefficient (Wildman–Crippen LogP) is 3.03. The molecule has 2 rings (SSSR count). The third-order valence-corrected chi connectivity index (χ3v) is 4.87. The Labute approximate surface area is 144 Å². The number of benzene rings is 1. The lowest BCUT2D eigenvalue weighted by Crippen LogP contribution is -2.41. The molecular weight excluding hydrogens is 316 g/mol. The fourth-order valence-corrected chi connectivity index (χ4v) is 3.50. The van der Waals surface area contributed by atoms with Crippen molar-refractivity contribution in [2.45, 2.75) is 38.1 Å². The highest BCUT2D eigenvalue weighted by atomic mass is 35.5. The predicted molar refractivity (Wildman–Crippen MR) is 98.0 cm³/mol. The van der Waals surface area contributed by atoms with E-state index in [4.69, 9.17) is 0 Å². The molecule has 0 spiro atoms. The highest BCUT2D eigenvalue weighted by Gasteiger charge is 2.15. The van der Waals surface area contributed by atoms with E-state index in [9.17, 15) is 4.79 Å². The van der Waals surface area contributed by atoms with Crippen LogP contribution in [0, 0.1) is 0 Å². The zero-order valence-corrected chi connectivity index (χ0v) is 14.7. The van der Waals surface area contributed by atoms with Crippen LogP contribution in [-0.2, 0) is 11.2 Å². The number of thioether (sulfide) groups is 1. The summed E-state index contributed by atoms with van der Waals surface area (Å²) in [6.45, 7) is 1.84. The molecule has 0 bridgehead atoms. The topological polar surface area (TPSA) is 41.1 Å². The van der Waals surface area contributed by atoms with Gasteiger partial charge in [-0.2, -0.15) is 11.8 Å². The van der Waals surface area contributed by atoms with Crippen LogP contribution in [0.2, 0.25) is 0 Å². The lowest BCUT2D eigenvalue weighted by molar-refractivity contribution is -0.121. The van der Waals surface area contributed by atoms with Crippen LogP contribution in [0.25, 0.3) is 0 Å². The van der Waals surface area contributed by atoms with Crippen molar-refractivity contribution in [1.29, 1.82) is 0 Å². The molecule has 124 valence electrons. The Morgan fingerprint density at radius 1 is 1.23 bits per heavy atom. The number of rotatable bonds is 8. The van der Waals surface area contributed by atoms with Crippen LogP contribution in [0.1, 0.15) is 31.2 Å². The maximum absolute atomic E-state index is 11.8. The summed E-state index contributed by atoms with van der Waals surface area (Å²) in [5.41, 5.74) is 1.41. The molecule has 1 fully saturated rings. The Morgan fingerprint density at radius 2 is 2.05 bits per heavy atom. The molecular formula is C17H27ClN2OS. The minimum Gasteiger partial charge on any atom is -0.356 e. The first-order chi connectivity index (χ1) is 10.3. The van der Waals surface area contributed by atoms with E-state index < -0.39 is 0 Å². The minimum atomic E-state index is 0. The van der Waals surface area contributed by atoms with Gasteiger partial charge < -0.3 is 10.6 Å². The summed E-state index contributed by atoms with van der Waals surface area (Å²) in [5.74, 6) is 2.42. The van der Waals surface area contributed by atoms with Gasteiger partial charge in [0.15, 0.2) is 0 Å². The van der Waals surface area contributed by atoms with Gasteiger partial charge in [0.1, 0.15) is 0 Å². The average Bonchev–Trinajstić information content (AvgIpc) is 2.53. The first kappa shape index (κ1) is 19.3. The zero-order valence-electron chi connectivity index (χ0n) is 13.1. The second-order valence-corrected chi connectivity index (χ2v) is 6.73. The number of halogens is 1. The number of carbonyl (C=O) groups is 1. The minimum absolute atomic E-state index is 0. The molecule has 2 N–H and O–H groups in total. The maximum atomic E-state index is 11.8. The number of nitrogens with one attached hydrogen (secondary N) is 2. The van der Waals surface area contributed by atoms with Crippen LogP contribution >= 0.6 is 24.2 Å². The Kier molecular flexibility index (Phi) is 10.4. The molecule has 1 saturated heterocycles. The summed E-state index contributed by atoms with van der Waals surface area (Å²) in [5, 5.41) is 6.44. The fourth-order valence-electron chi connectivity index (χ4n) is 2.55. The summed E-state index contributed by atoms with van der Waals surface area (Å²) in [4.78, 5) is 11.8. The van der Waals surface area contributed by atoms with Crippen LogP contribution in [0.4, 0.5) is 0 Å². The second-order valence-electron chi connectivity index (χ2n) is 5.58. The molecule has 1 amide bonds. The van der Waals surface area contributed by atoms with Gasteiger partial charge in [0.25, 0.3) is 0 Å². The van der Waals surface area contributed by atoms with Crippen molar-refractivity contribution in [3.05, 3.63) is 35.9 Å². The van der Waals surface area contributed by atoms with Crippen LogP contribution in [-0.4, -0.2) is 36.5 Å². The molecule has 22 heavy (non-hydrogen) atoms. The van der Waals surface area contributed by atoms with E-state index in [1.165, 1.54) is 24.2 Å². The van der Waals surface area contributed by atoms with Crippen molar-refractivity contribution < 1.29 is 4.79 Å². The van der Waals surface area contributed by atoms with Crippen LogP contribution in [0.5, 0.6) is 0 Å². The van der Waals surface area contributed by atoms with E-state index in [1.807, 2.05) is 11.8 Å². The largest absolute Gasteiger partial charge is 0.356 e. The normalized spacial score (nSPS) is 17.5. The van der Waals surface area contributed by atoms with Crippen molar-refractivity contribution in [2.24, 2.45) is 0 Å². The third-order valence-electron chi connectivity index (χ3n) is 3.74. The molecule has 1 aliphatic rings. The molecule has 1 aromatic carbocycles. The SMILES string of the molecule is Cl.O=C(CC1CSCCN1)NCCCCCc1ccccc1. The second kappa shape index (κ2) is 11.8. The van der Waals surface area contributed by atoms with Crippen LogP contribution in [0.3, 0.4) is 0 Å². The fraction of sp³-hybridized carbons (Fsp3) is 0.588. The molecule has 0 radical (unpaired) electrons. The lowest BCUT2D eigenvalue weighted by atomic mass is 10.1. The summed E-state index contributed by atoms with van der Waals surface area (Å²) >= 11 is 1.94. The van der Waals surface area contributed by atoms with Crippen molar-refractivity contribution in [3.63, 3.8) is 0 Å². The lowest BCUT2D eigenvalue weighted by Gasteiger charge is -2.22. The van der Waals surface area contributed by atoms with E-state index in [0.29, 0.717) is 12.5 Å². The van der Waals surface area contributed by atoms with Gasteiger partial charge in [-0.25, -0.2) is 0 Å². The maximum Gasteiger partial charge on any atom is 0.221 e. The molecule has 0 saturated carbocycles. The van der Waals surface area contributed by atoms with Gasteiger partial charge in [-0.1, -0.05) is 36.8 Å². The summed E-state index contributed by atoms with van der Waals surface area (Å²) in [7, 11) is 0. The van der Waals surface area contributed by atoms with Gasteiger partial charge >= 0.3 is 0 Å². The molecule has 1 aliphatic heterocycles. The average molecular weight is 343 g/mol. The Hall–Kier alpha value is -0.710. The van der Waals surface area contributed by atoms with Crippen molar-refractivity contribution in [3.8, 4) is 0 Å². The van der Waals surface area contributed by atoms with E-state index >= 15 is 0 Å². The number of amides is 1. The first-order valence-electron chi connectivity index (χ1n) is 7.96. The van der Waals surface area contributed by atoms with E-state index in [0.717, 1.165) is 31.7 Å². The summed E-state index contributed by atoms with van der Waals surface area (Å²) in [6, 6.07) is 11.0. The summed E-state index contributed by atoms with van der Waals surface area (Å²) in [6.07, 6.45) is 5.20. The third kappa shape index (κ3) is 8.06. The molecule has 5 heteroatoms. The van der Waals surface area contributed by atoms with Gasteiger partial charge in [-0.15, -0.1) is 12.4 Å². The highest BCUT2D eigenvalue weighted by molar-refractivity contribution is 7.99. The monoisotopic (exact) mass is 342 g/mol. The standard InChI is InChI=1S/C17H26N2OS.ClH/c20-17(13-16-14-21-12-11-18-16)19-10-6-2-5-9-15-7-3-1-4-8-15;/h1,3-4,7-8,16,18H,2,5-6,9-14H2,(H,19,20);1H. The number of hydrogen-bond acceptors (Lipinski definition) is 3. The van der Waals surface area contributed by atoms with E-state index in [1.54, 1.807) is 0 Å². The number of carbonyl (C=O) groups excluding carboxylic acids is 1. The smallest absolute Gasteiger partial charge is 0.221 e. The van der Waals surface area contributed by atoms with Gasteiger partial charge in [0.05, 0.1) is 0 Å². The zero-order chi connectivity index (χ0) is 14.8. The summed E-state index contributed by atoms with van der Waals surface area (Å²) < 4.78 is 0. The number of aryl methyl sites for hydroxylation is 1. The number of hydrogen-bond donors (Lipinski definition) is 2. The van der Waals surface area contributed by atoms with Crippen molar-refractivity contribution in [2.75, 3.05) is 24.6 Å². The molecule has 3 nitrogen and oxygen atoms in total. The molecule has 1 aromatic rings. The van der Waals surface area contributed by atoms with Gasteiger partial charge in [-0.3, -0.25) is 4.79 Å². The Morgan fingerprint density at radius 3 is 2.77 bits per heavy atom. The van der Waals surface area contributed by atoms with E-state index in [2.05, 4.69) is 41.0 Å². The first-order valence-corrected chi connectivity index (χ1v) is 9.12. The quantitative estimate of drug-likeness (QED) is 0.713. The molecule has 1 atom stereocenters. The Bertz CT molecular complexity index is 410. The van der Waals surface area contributed by atoms with Crippen molar-refractivity contribution >= 4 is 30.1 Å². The van der Waals surface area contributed by atoms with Crippen molar-refractivity contribution in [1.82, 2.24) is 10.6 Å². The molecule has 0 aromatic heterocycles. The molecule has 1 unspecified atom stereocenters. The van der Waals surface area contributed by atoms with Crippen LogP contribution in [0.15, 0.2) is 30.3 Å². The van der Waals surface area contributed by atoms with Gasteiger partial charge in [0.2, 0.25) is 5.91 Å². The Balaban J connectivity index is 0.00000242. The molecule has 1 heterocycles. The van der Waals surface area contributed by atoms with Gasteiger partial charge in [0, 0.05) is 37.1 Å². The number of unbranched alkanes of at least 4 members (excludes halogenated alkanes) is 2. The van der Waals surface area contributed by atoms with Crippen LogP contribution < -0.4 is 10.6 Å². The highest BCUT2D eigenvalue weighted by Crippen LogP contribution is 2.10. The van der Waals surface area contributed by atoms with Gasteiger partial charge in [-0.05, 0) is 24.8 Å². The molecule has 0 aliphatic carbocycles. The van der Waals surface area contributed by atoms with E-state index in [-0.39, 0.29) is 18.3 Å².